The van der Waals surface area contributed by atoms with Gasteiger partial charge in [0, 0.05) is 17.3 Å². The van der Waals surface area contributed by atoms with Crippen LogP contribution < -0.4 is 0 Å². The molecule has 0 spiro atoms. The van der Waals surface area contributed by atoms with Gasteiger partial charge in [0.2, 0.25) is 0 Å². The molecule has 1 aromatic heterocycles. The highest BCUT2D eigenvalue weighted by Gasteiger charge is 2.07. The SMILES string of the molecule is c1ccc(-c2ccc(-c3c[nH]c(-c4ccc(-c5ccccc5)cc4)n3)cc2)cc1. The quantitative estimate of drug-likeness (QED) is 0.359. The number of aromatic amines is 1. The van der Waals surface area contributed by atoms with Crippen LogP contribution in [0.4, 0.5) is 0 Å². The van der Waals surface area contributed by atoms with Crippen LogP contribution >= 0.6 is 0 Å². The van der Waals surface area contributed by atoms with E-state index in [1.165, 1.54) is 22.3 Å². The zero-order chi connectivity index (χ0) is 19.5. The number of aromatic nitrogens is 2. The highest BCUT2D eigenvalue weighted by atomic mass is 14.9. The van der Waals surface area contributed by atoms with Gasteiger partial charge in [0.1, 0.15) is 5.82 Å². The summed E-state index contributed by atoms with van der Waals surface area (Å²) in [6, 6.07) is 37.9. The molecule has 2 nitrogen and oxygen atoms in total. The molecule has 138 valence electrons. The van der Waals surface area contributed by atoms with E-state index in [2.05, 4.69) is 102 Å². The summed E-state index contributed by atoms with van der Waals surface area (Å²) in [5.41, 5.74) is 7.99. The zero-order valence-corrected chi connectivity index (χ0v) is 15.9. The van der Waals surface area contributed by atoms with Crippen molar-refractivity contribution in [2.75, 3.05) is 0 Å². The summed E-state index contributed by atoms with van der Waals surface area (Å²) in [7, 11) is 0. The molecule has 4 aromatic carbocycles. The molecule has 0 saturated carbocycles. The smallest absolute Gasteiger partial charge is 0.138 e. The summed E-state index contributed by atoms with van der Waals surface area (Å²) in [4.78, 5) is 8.11. The molecule has 0 fully saturated rings. The number of rotatable bonds is 4. The van der Waals surface area contributed by atoms with Crippen molar-refractivity contribution in [2.45, 2.75) is 0 Å². The Kier molecular flexibility index (Phi) is 4.51. The summed E-state index contributed by atoms with van der Waals surface area (Å²) in [5, 5.41) is 0. The van der Waals surface area contributed by atoms with E-state index >= 15 is 0 Å². The van der Waals surface area contributed by atoms with E-state index in [0.717, 1.165) is 22.6 Å². The van der Waals surface area contributed by atoms with Crippen molar-refractivity contribution < 1.29 is 0 Å². The van der Waals surface area contributed by atoms with Crippen molar-refractivity contribution >= 4 is 0 Å². The van der Waals surface area contributed by atoms with Crippen molar-refractivity contribution in [3.8, 4) is 44.9 Å². The standard InChI is InChI=1S/C27H20N2/c1-3-7-20(8-4-1)22-11-15-24(16-12-22)26-19-28-27(29-26)25-17-13-23(14-18-25)21-9-5-2-6-10-21/h1-19H,(H,28,29). The molecule has 1 heterocycles. The van der Waals surface area contributed by atoms with Gasteiger partial charge in [0.25, 0.3) is 0 Å². The molecule has 5 rings (SSSR count). The molecule has 5 aromatic rings. The average molecular weight is 372 g/mol. The fourth-order valence-corrected chi connectivity index (χ4v) is 3.53. The molecule has 0 aliphatic rings. The fraction of sp³-hybridized carbons (Fsp3) is 0. The molecule has 2 heteroatoms. The Morgan fingerprint density at radius 3 is 1.34 bits per heavy atom. The molecule has 1 N–H and O–H groups in total. The minimum atomic E-state index is 0.881. The van der Waals surface area contributed by atoms with Crippen LogP contribution in [-0.4, -0.2) is 9.97 Å². The highest BCUT2D eigenvalue weighted by molar-refractivity contribution is 5.71. The summed E-state index contributed by atoms with van der Waals surface area (Å²) >= 11 is 0. The van der Waals surface area contributed by atoms with Crippen LogP contribution in [0.15, 0.2) is 115 Å². The van der Waals surface area contributed by atoms with Crippen molar-refractivity contribution in [1.29, 1.82) is 0 Å². The second kappa shape index (κ2) is 7.61. The maximum Gasteiger partial charge on any atom is 0.138 e. The monoisotopic (exact) mass is 372 g/mol. The molecule has 0 aliphatic carbocycles. The van der Waals surface area contributed by atoms with Gasteiger partial charge in [-0.2, -0.15) is 0 Å². The van der Waals surface area contributed by atoms with Crippen LogP contribution in [0.5, 0.6) is 0 Å². The van der Waals surface area contributed by atoms with Gasteiger partial charge in [0.05, 0.1) is 5.69 Å². The normalized spacial score (nSPS) is 10.8. The number of benzene rings is 4. The summed E-state index contributed by atoms with van der Waals surface area (Å²) in [5.74, 6) is 0.881. The summed E-state index contributed by atoms with van der Waals surface area (Å²) in [6.07, 6.45) is 1.97. The van der Waals surface area contributed by atoms with E-state index in [9.17, 15) is 0 Å². The Hall–Kier alpha value is -3.91. The molecule has 0 atom stereocenters. The molecule has 0 unspecified atom stereocenters. The number of nitrogens with one attached hydrogen (secondary N) is 1. The highest BCUT2D eigenvalue weighted by Crippen LogP contribution is 2.27. The minimum absolute atomic E-state index is 0.881. The van der Waals surface area contributed by atoms with Crippen molar-refractivity contribution in [1.82, 2.24) is 9.97 Å². The predicted molar refractivity (Wildman–Crippen MR) is 120 cm³/mol. The molecular formula is C27H20N2. The first-order valence-corrected chi connectivity index (χ1v) is 9.74. The first kappa shape index (κ1) is 17.2. The Morgan fingerprint density at radius 1 is 0.414 bits per heavy atom. The average Bonchev–Trinajstić information content (AvgIpc) is 3.31. The van der Waals surface area contributed by atoms with E-state index in [1.54, 1.807) is 0 Å². The lowest BCUT2D eigenvalue weighted by Crippen LogP contribution is -1.83. The maximum atomic E-state index is 4.80. The van der Waals surface area contributed by atoms with Gasteiger partial charge in [-0.1, -0.05) is 109 Å². The van der Waals surface area contributed by atoms with E-state index in [4.69, 9.17) is 4.98 Å². The van der Waals surface area contributed by atoms with Gasteiger partial charge in [-0.05, 0) is 22.3 Å². The molecule has 0 bridgehead atoms. The van der Waals surface area contributed by atoms with Crippen LogP contribution in [0.2, 0.25) is 0 Å². The second-order valence-corrected chi connectivity index (χ2v) is 7.02. The third kappa shape index (κ3) is 3.61. The lowest BCUT2D eigenvalue weighted by atomic mass is 10.0. The maximum absolute atomic E-state index is 4.80. The summed E-state index contributed by atoms with van der Waals surface area (Å²) in [6.45, 7) is 0. The van der Waals surface area contributed by atoms with Gasteiger partial charge in [-0.3, -0.25) is 0 Å². The topological polar surface area (TPSA) is 28.7 Å². The summed E-state index contributed by atoms with van der Waals surface area (Å²) < 4.78 is 0. The Morgan fingerprint density at radius 2 is 0.828 bits per heavy atom. The lowest BCUT2D eigenvalue weighted by Gasteiger charge is -2.03. The van der Waals surface area contributed by atoms with Crippen LogP contribution in [0.1, 0.15) is 0 Å². The van der Waals surface area contributed by atoms with Crippen LogP contribution in [0.25, 0.3) is 44.9 Å². The van der Waals surface area contributed by atoms with E-state index in [0.29, 0.717) is 0 Å². The third-order valence-corrected chi connectivity index (χ3v) is 5.13. The molecule has 29 heavy (non-hydrogen) atoms. The van der Waals surface area contributed by atoms with Gasteiger partial charge < -0.3 is 4.98 Å². The van der Waals surface area contributed by atoms with Crippen molar-refractivity contribution in [3.63, 3.8) is 0 Å². The zero-order valence-electron chi connectivity index (χ0n) is 15.9. The Labute approximate surface area is 170 Å². The number of hydrogen-bond acceptors (Lipinski definition) is 1. The van der Waals surface area contributed by atoms with Crippen LogP contribution in [0.3, 0.4) is 0 Å². The second-order valence-electron chi connectivity index (χ2n) is 7.02. The predicted octanol–water partition coefficient (Wildman–Crippen LogP) is 7.08. The Balaban J connectivity index is 1.38. The molecule has 0 saturated heterocycles. The van der Waals surface area contributed by atoms with Gasteiger partial charge >= 0.3 is 0 Å². The van der Waals surface area contributed by atoms with Crippen LogP contribution in [-0.2, 0) is 0 Å². The Bertz CT molecular complexity index is 1110. The molecule has 0 amide bonds. The minimum Gasteiger partial charge on any atom is -0.344 e. The van der Waals surface area contributed by atoms with Crippen molar-refractivity contribution in [3.05, 3.63) is 115 Å². The van der Waals surface area contributed by atoms with Crippen molar-refractivity contribution in [2.24, 2.45) is 0 Å². The number of H-pyrrole nitrogens is 1. The largest absolute Gasteiger partial charge is 0.344 e. The van der Waals surface area contributed by atoms with E-state index < -0.39 is 0 Å². The number of hydrogen-bond donors (Lipinski definition) is 1. The van der Waals surface area contributed by atoms with Gasteiger partial charge in [0.15, 0.2) is 0 Å². The molecular weight excluding hydrogens is 352 g/mol. The van der Waals surface area contributed by atoms with Crippen LogP contribution in [0, 0.1) is 0 Å². The molecule has 0 aliphatic heterocycles. The number of imidazole rings is 1. The first-order valence-electron chi connectivity index (χ1n) is 9.74. The van der Waals surface area contributed by atoms with Gasteiger partial charge in [-0.15, -0.1) is 0 Å². The first-order chi connectivity index (χ1) is 14.4. The van der Waals surface area contributed by atoms with E-state index in [-0.39, 0.29) is 0 Å². The van der Waals surface area contributed by atoms with E-state index in [1.807, 2.05) is 18.3 Å². The third-order valence-electron chi connectivity index (χ3n) is 5.13. The number of nitrogens with zero attached hydrogens (tertiary/aromatic N) is 1. The van der Waals surface area contributed by atoms with Gasteiger partial charge in [-0.25, -0.2) is 4.98 Å². The fourth-order valence-electron chi connectivity index (χ4n) is 3.53. The molecule has 0 radical (unpaired) electrons. The lowest BCUT2D eigenvalue weighted by molar-refractivity contribution is 1.31.